The molecule has 2 heterocycles. The molecule has 20 heavy (non-hydrogen) atoms. The van der Waals surface area contributed by atoms with Crippen LogP contribution in [-0.2, 0) is 4.79 Å². The summed E-state index contributed by atoms with van der Waals surface area (Å²) in [5.74, 6) is -0.740. The molecule has 112 valence electrons. The topological polar surface area (TPSA) is 58.4 Å². The number of likely N-dealkylation sites (tertiary alicyclic amines) is 1. The van der Waals surface area contributed by atoms with Crippen LogP contribution in [0.4, 0.5) is 0 Å². The summed E-state index contributed by atoms with van der Waals surface area (Å²) in [7, 11) is 0. The minimum absolute atomic E-state index is 0.0597. The quantitative estimate of drug-likeness (QED) is 0.900. The van der Waals surface area contributed by atoms with Crippen LogP contribution in [0, 0.1) is 0 Å². The third-order valence-electron chi connectivity index (χ3n) is 4.04. The second-order valence-electron chi connectivity index (χ2n) is 5.88. The van der Waals surface area contributed by atoms with E-state index >= 15 is 0 Å². The van der Waals surface area contributed by atoms with Crippen LogP contribution in [0.1, 0.15) is 63.7 Å². The van der Waals surface area contributed by atoms with Gasteiger partial charge in [0.1, 0.15) is 0 Å². The molecule has 5 nitrogen and oxygen atoms in total. The van der Waals surface area contributed by atoms with Gasteiger partial charge in [0.25, 0.3) is 0 Å². The average molecular weight is 279 g/mol. The number of aromatic nitrogens is 2. The van der Waals surface area contributed by atoms with Crippen molar-refractivity contribution < 1.29 is 9.90 Å². The lowest BCUT2D eigenvalue weighted by Gasteiger charge is -2.31. The van der Waals surface area contributed by atoms with Gasteiger partial charge in [-0.1, -0.05) is 12.8 Å². The number of aliphatic carboxylic acids is 1. The SMILES string of the molecule is CC(C)n1cncc1C(CC(=O)O)N1CCCCCC1. The molecule has 1 saturated heterocycles. The minimum atomic E-state index is -0.740. The van der Waals surface area contributed by atoms with E-state index in [1.165, 1.54) is 12.8 Å². The van der Waals surface area contributed by atoms with Crippen LogP contribution >= 0.6 is 0 Å². The van der Waals surface area contributed by atoms with Gasteiger partial charge in [-0.2, -0.15) is 0 Å². The molecule has 1 aliphatic heterocycles. The molecule has 0 aromatic carbocycles. The van der Waals surface area contributed by atoms with E-state index in [0.29, 0.717) is 6.04 Å². The molecule has 0 spiro atoms. The Kier molecular flexibility index (Phi) is 5.17. The first-order valence-electron chi connectivity index (χ1n) is 7.57. The Labute approximate surface area is 120 Å². The predicted molar refractivity (Wildman–Crippen MR) is 77.6 cm³/mol. The van der Waals surface area contributed by atoms with Crippen LogP contribution in [0.3, 0.4) is 0 Å². The summed E-state index contributed by atoms with van der Waals surface area (Å²) >= 11 is 0. The van der Waals surface area contributed by atoms with E-state index in [-0.39, 0.29) is 12.5 Å². The molecule has 0 radical (unpaired) electrons. The summed E-state index contributed by atoms with van der Waals surface area (Å²) < 4.78 is 2.10. The smallest absolute Gasteiger partial charge is 0.305 e. The molecule has 0 aliphatic carbocycles. The van der Waals surface area contributed by atoms with Crippen LogP contribution in [0.2, 0.25) is 0 Å². The summed E-state index contributed by atoms with van der Waals surface area (Å²) in [6.07, 6.45) is 8.61. The fourth-order valence-electron chi connectivity index (χ4n) is 3.00. The van der Waals surface area contributed by atoms with Gasteiger partial charge in [0.05, 0.1) is 24.5 Å². The second-order valence-corrected chi connectivity index (χ2v) is 5.88. The molecule has 1 aromatic rings. The maximum atomic E-state index is 11.3. The number of carboxylic acid groups (broad SMARTS) is 1. The Hall–Kier alpha value is -1.36. The number of carbonyl (C=O) groups is 1. The van der Waals surface area contributed by atoms with Gasteiger partial charge in [0.2, 0.25) is 0 Å². The zero-order valence-corrected chi connectivity index (χ0v) is 12.5. The normalized spacial score (nSPS) is 18.9. The van der Waals surface area contributed by atoms with Crippen molar-refractivity contribution >= 4 is 5.97 Å². The first kappa shape index (κ1) is 15.0. The van der Waals surface area contributed by atoms with Gasteiger partial charge in [0.15, 0.2) is 0 Å². The molecule has 2 rings (SSSR count). The molecule has 0 bridgehead atoms. The summed E-state index contributed by atoms with van der Waals surface area (Å²) in [6, 6.07) is 0.242. The molecule has 0 amide bonds. The third-order valence-corrected chi connectivity index (χ3v) is 4.04. The number of nitrogens with zero attached hydrogens (tertiary/aromatic N) is 3. The third kappa shape index (κ3) is 3.60. The predicted octanol–water partition coefficient (Wildman–Crippen LogP) is 2.86. The van der Waals surface area contributed by atoms with Crippen molar-refractivity contribution in [3.8, 4) is 0 Å². The van der Waals surface area contributed by atoms with Gasteiger partial charge < -0.3 is 9.67 Å². The standard InChI is InChI=1S/C15H25N3O2/c1-12(2)18-11-16-10-14(18)13(9-15(19)20)17-7-5-3-4-6-8-17/h10-13H,3-9H2,1-2H3,(H,19,20). The summed E-state index contributed by atoms with van der Waals surface area (Å²) in [6.45, 7) is 6.18. The molecule has 5 heteroatoms. The van der Waals surface area contributed by atoms with Crippen LogP contribution < -0.4 is 0 Å². The van der Waals surface area contributed by atoms with Crippen molar-refractivity contribution in [1.29, 1.82) is 0 Å². The molecule has 1 atom stereocenters. The Morgan fingerprint density at radius 2 is 1.95 bits per heavy atom. The second kappa shape index (κ2) is 6.88. The number of hydrogen-bond acceptors (Lipinski definition) is 3. The van der Waals surface area contributed by atoms with Gasteiger partial charge in [-0.05, 0) is 39.8 Å². The zero-order chi connectivity index (χ0) is 14.5. The largest absolute Gasteiger partial charge is 0.481 e. The maximum Gasteiger partial charge on any atom is 0.305 e. The van der Waals surface area contributed by atoms with E-state index in [1.54, 1.807) is 0 Å². The number of carboxylic acids is 1. The molecular weight excluding hydrogens is 254 g/mol. The monoisotopic (exact) mass is 279 g/mol. The Bertz CT molecular complexity index is 434. The summed E-state index contributed by atoms with van der Waals surface area (Å²) in [4.78, 5) is 17.8. The van der Waals surface area contributed by atoms with Crippen LogP contribution in [0.5, 0.6) is 0 Å². The Balaban J connectivity index is 2.25. The Morgan fingerprint density at radius 3 is 2.50 bits per heavy atom. The fraction of sp³-hybridized carbons (Fsp3) is 0.733. The lowest BCUT2D eigenvalue weighted by molar-refractivity contribution is -0.138. The van der Waals surface area contributed by atoms with Gasteiger partial charge in [0, 0.05) is 12.2 Å². The number of rotatable bonds is 5. The van der Waals surface area contributed by atoms with Crippen molar-refractivity contribution in [3.63, 3.8) is 0 Å². The van der Waals surface area contributed by atoms with E-state index in [1.807, 2.05) is 12.5 Å². The Morgan fingerprint density at radius 1 is 1.30 bits per heavy atom. The fourth-order valence-corrected chi connectivity index (χ4v) is 3.00. The van der Waals surface area contributed by atoms with Crippen LogP contribution in [0.25, 0.3) is 0 Å². The molecular formula is C15H25N3O2. The average Bonchev–Trinajstić information content (AvgIpc) is 2.71. The highest BCUT2D eigenvalue weighted by molar-refractivity contribution is 5.67. The molecule has 1 unspecified atom stereocenters. The van der Waals surface area contributed by atoms with Gasteiger partial charge in [-0.3, -0.25) is 9.69 Å². The summed E-state index contributed by atoms with van der Waals surface area (Å²) in [5.41, 5.74) is 1.03. The highest BCUT2D eigenvalue weighted by Crippen LogP contribution is 2.28. The van der Waals surface area contributed by atoms with E-state index in [2.05, 4.69) is 28.3 Å². The summed E-state index contributed by atoms with van der Waals surface area (Å²) in [5, 5.41) is 9.26. The minimum Gasteiger partial charge on any atom is -0.481 e. The first-order chi connectivity index (χ1) is 9.59. The van der Waals surface area contributed by atoms with Crippen molar-refractivity contribution in [2.75, 3.05) is 13.1 Å². The van der Waals surface area contributed by atoms with Crippen molar-refractivity contribution in [3.05, 3.63) is 18.2 Å². The van der Waals surface area contributed by atoms with Crippen molar-refractivity contribution in [1.82, 2.24) is 14.5 Å². The lowest BCUT2D eigenvalue weighted by Crippen LogP contribution is -2.33. The van der Waals surface area contributed by atoms with E-state index < -0.39 is 5.97 Å². The van der Waals surface area contributed by atoms with Crippen LogP contribution in [0.15, 0.2) is 12.5 Å². The van der Waals surface area contributed by atoms with Crippen molar-refractivity contribution in [2.24, 2.45) is 0 Å². The van der Waals surface area contributed by atoms with Gasteiger partial charge in [-0.15, -0.1) is 0 Å². The maximum absolute atomic E-state index is 11.3. The van der Waals surface area contributed by atoms with Gasteiger partial charge >= 0.3 is 5.97 Å². The molecule has 1 aromatic heterocycles. The lowest BCUT2D eigenvalue weighted by atomic mass is 10.1. The number of imidazole rings is 1. The highest BCUT2D eigenvalue weighted by Gasteiger charge is 2.27. The van der Waals surface area contributed by atoms with E-state index in [4.69, 9.17) is 0 Å². The molecule has 1 fully saturated rings. The van der Waals surface area contributed by atoms with Crippen LogP contribution in [-0.4, -0.2) is 38.6 Å². The molecule has 0 saturated carbocycles. The number of hydrogen-bond donors (Lipinski definition) is 1. The highest BCUT2D eigenvalue weighted by atomic mass is 16.4. The van der Waals surface area contributed by atoms with E-state index in [0.717, 1.165) is 31.6 Å². The molecule has 1 aliphatic rings. The van der Waals surface area contributed by atoms with Gasteiger partial charge in [-0.25, -0.2) is 4.98 Å². The first-order valence-corrected chi connectivity index (χ1v) is 7.57. The zero-order valence-electron chi connectivity index (χ0n) is 12.5. The van der Waals surface area contributed by atoms with Crippen molar-refractivity contribution in [2.45, 2.75) is 58.0 Å². The molecule has 1 N–H and O–H groups in total. The van der Waals surface area contributed by atoms with E-state index in [9.17, 15) is 9.90 Å².